The molecule has 1 rings (SSSR count). The van der Waals surface area contributed by atoms with E-state index in [0.717, 1.165) is 32.1 Å². The smallest absolute Gasteiger partial charge is 0.223 e. The lowest BCUT2D eigenvalue weighted by Crippen LogP contribution is -2.38. The first kappa shape index (κ1) is 14.2. The fourth-order valence-corrected chi connectivity index (χ4v) is 2.13. The Hall–Kier alpha value is -0.870. The molecule has 0 radical (unpaired) electrons. The van der Waals surface area contributed by atoms with Crippen molar-refractivity contribution in [2.75, 3.05) is 19.8 Å². The van der Waals surface area contributed by atoms with E-state index in [2.05, 4.69) is 11.9 Å². The number of amides is 1. The van der Waals surface area contributed by atoms with Crippen LogP contribution in [0.25, 0.3) is 0 Å². The van der Waals surface area contributed by atoms with Gasteiger partial charge in [-0.25, -0.2) is 0 Å². The van der Waals surface area contributed by atoms with Crippen molar-refractivity contribution in [2.45, 2.75) is 38.1 Å². The van der Waals surface area contributed by atoms with Crippen molar-refractivity contribution in [3.63, 3.8) is 0 Å². The maximum Gasteiger partial charge on any atom is 0.223 e. The Balaban J connectivity index is 2.06. The minimum atomic E-state index is 0.104. The molecule has 1 saturated carbocycles. The number of carbonyl (C=O) groups is 1. The molecule has 3 N–H and O–H groups in total. The van der Waals surface area contributed by atoms with Gasteiger partial charge in [0, 0.05) is 18.5 Å². The van der Waals surface area contributed by atoms with Crippen molar-refractivity contribution in [2.24, 2.45) is 11.7 Å². The van der Waals surface area contributed by atoms with Crippen molar-refractivity contribution >= 4 is 5.91 Å². The average molecular weight is 240 g/mol. The number of hydrogen-bond donors (Lipinski definition) is 2. The van der Waals surface area contributed by atoms with Gasteiger partial charge in [0.1, 0.15) is 0 Å². The van der Waals surface area contributed by atoms with E-state index in [4.69, 9.17) is 10.5 Å². The van der Waals surface area contributed by atoms with Gasteiger partial charge in [0.05, 0.1) is 13.2 Å². The topological polar surface area (TPSA) is 64.3 Å². The lowest BCUT2D eigenvalue weighted by Gasteiger charge is -2.25. The van der Waals surface area contributed by atoms with Gasteiger partial charge in [-0.15, -0.1) is 6.58 Å². The van der Waals surface area contributed by atoms with Gasteiger partial charge in [-0.05, 0) is 25.7 Å². The summed E-state index contributed by atoms with van der Waals surface area (Å²) in [6, 6.07) is 0.198. The molecule has 0 aromatic carbocycles. The molecule has 0 aromatic heterocycles. The van der Waals surface area contributed by atoms with Crippen LogP contribution in [0.4, 0.5) is 0 Å². The van der Waals surface area contributed by atoms with Crippen LogP contribution in [-0.2, 0) is 9.53 Å². The van der Waals surface area contributed by atoms with Crippen molar-refractivity contribution in [1.29, 1.82) is 0 Å². The molecule has 98 valence electrons. The van der Waals surface area contributed by atoms with Gasteiger partial charge in [-0.2, -0.15) is 0 Å². The lowest BCUT2D eigenvalue weighted by molar-refractivity contribution is -0.126. The Morgan fingerprint density at radius 1 is 1.47 bits per heavy atom. The molecular formula is C13H24N2O2. The zero-order valence-corrected chi connectivity index (χ0v) is 10.5. The minimum absolute atomic E-state index is 0.104. The normalized spacial score (nSPS) is 24.3. The molecule has 4 nitrogen and oxygen atoms in total. The van der Waals surface area contributed by atoms with Gasteiger partial charge in [-0.3, -0.25) is 4.79 Å². The predicted molar refractivity (Wildman–Crippen MR) is 68.6 cm³/mol. The van der Waals surface area contributed by atoms with Crippen LogP contribution >= 0.6 is 0 Å². The summed E-state index contributed by atoms with van der Waals surface area (Å²) in [4.78, 5) is 11.8. The Labute approximate surface area is 104 Å². The molecule has 0 spiro atoms. The summed E-state index contributed by atoms with van der Waals surface area (Å²) in [5.74, 6) is 0.236. The van der Waals surface area contributed by atoms with E-state index < -0.39 is 0 Å². The first-order valence-electron chi connectivity index (χ1n) is 6.46. The zero-order chi connectivity index (χ0) is 12.5. The maximum absolute atomic E-state index is 11.8. The molecule has 0 aromatic rings. The number of ether oxygens (including phenoxy) is 1. The lowest BCUT2D eigenvalue weighted by atomic mass is 9.85. The third kappa shape index (κ3) is 5.84. The van der Waals surface area contributed by atoms with Gasteiger partial charge in [0.25, 0.3) is 0 Å². The molecule has 2 atom stereocenters. The molecule has 4 heteroatoms. The Kier molecular flexibility index (Phi) is 6.89. The van der Waals surface area contributed by atoms with Crippen molar-refractivity contribution < 1.29 is 9.53 Å². The second-order valence-corrected chi connectivity index (χ2v) is 4.60. The predicted octanol–water partition coefficient (Wildman–Crippen LogP) is 1.21. The van der Waals surface area contributed by atoms with Crippen molar-refractivity contribution in [3.05, 3.63) is 12.7 Å². The number of rotatable bonds is 7. The number of carbonyl (C=O) groups excluding carboxylic acids is 1. The summed E-state index contributed by atoms with van der Waals surface area (Å²) in [6.07, 6.45) is 6.58. The standard InChI is InChI=1S/C13H24N2O2/c1-2-3-8-17-9-7-15-13(16)11-5-4-6-12(14)10-11/h2,11-12H,1,3-10,14H2,(H,15,16). The van der Waals surface area contributed by atoms with E-state index in [1.807, 2.05) is 6.08 Å². The Morgan fingerprint density at radius 3 is 3.00 bits per heavy atom. The van der Waals surface area contributed by atoms with Crippen molar-refractivity contribution in [1.82, 2.24) is 5.32 Å². The summed E-state index contributed by atoms with van der Waals surface area (Å²) in [7, 11) is 0. The summed E-state index contributed by atoms with van der Waals surface area (Å²) in [5.41, 5.74) is 5.86. The Bertz CT molecular complexity index is 244. The molecule has 0 aliphatic heterocycles. The van der Waals surface area contributed by atoms with Crippen LogP contribution in [0.2, 0.25) is 0 Å². The molecule has 2 unspecified atom stereocenters. The van der Waals surface area contributed by atoms with E-state index in [9.17, 15) is 4.79 Å². The third-order valence-electron chi connectivity index (χ3n) is 3.10. The van der Waals surface area contributed by atoms with Crippen LogP contribution in [0.3, 0.4) is 0 Å². The highest BCUT2D eigenvalue weighted by Gasteiger charge is 2.24. The van der Waals surface area contributed by atoms with Crippen LogP contribution < -0.4 is 11.1 Å². The fourth-order valence-electron chi connectivity index (χ4n) is 2.13. The minimum Gasteiger partial charge on any atom is -0.379 e. The van der Waals surface area contributed by atoms with Crippen LogP contribution in [0.15, 0.2) is 12.7 Å². The van der Waals surface area contributed by atoms with E-state index in [1.54, 1.807) is 0 Å². The van der Waals surface area contributed by atoms with E-state index in [0.29, 0.717) is 19.8 Å². The first-order valence-corrected chi connectivity index (χ1v) is 6.46. The monoisotopic (exact) mass is 240 g/mol. The largest absolute Gasteiger partial charge is 0.379 e. The molecule has 1 aliphatic carbocycles. The molecule has 1 amide bonds. The molecule has 0 bridgehead atoms. The average Bonchev–Trinajstić information content (AvgIpc) is 2.33. The Morgan fingerprint density at radius 2 is 2.29 bits per heavy atom. The molecular weight excluding hydrogens is 216 g/mol. The third-order valence-corrected chi connectivity index (χ3v) is 3.10. The molecule has 0 saturated heterocycles. The summed E-state index contributed by atoms with van der Waals surface area (Å²) >= 11 is 0. The molecule has 1 fully saturated rings. The zero-order valence-electron chi connectivity index (χ0n) is 10.5. The SMILES string of the molecule is C=CCCOCCNC(=O)C1CCCC(N)C1. The van der Waals surface area contributed by atoms with E-state index in [1.165, 1.54) is 0 Å². The highest BCUT2D eigenvalue weighted by Crippen LogP contribution is 2.22. The van der Waals surface area contributed by atoms with Gasteiger partial charge in [0.15, 0.2) is 0 Å². The van der Waals surface area contributed by atoms with Gasteiger partial charge in [-0.1, -0.05) is 12.5 Å². The maximum atomic E-state index is 11.8. The van der Waals surface area contributed by atoms with E-state index in [-0.39, 0.29) is 17.9 Å². The van der Waals surface area contributed by atoms with Crippen LogP contribution in [-0.4, -0.2) is 31.7 Å². The number of nitrogens with one attached hydrogen (secondary N) is 1. The van der Waals surface area contributed by atoms with Crippen molar-refractivity contribution in [3.8, 4) is 0 Å². The second kappa shape index (κ2) is 8.25. The second-order valence-electron chi connectivity index (χ2n) is 4.60. The first-order chi connectivity index (χ1) is 8.24. The summed E-state index contributed by atoms with van der Waals surface area (Å²) in [6.45, 7) is 5.44. The fraction of sp³-hybridized carbons (Fsp3) is 0.769. The molecule has 17 heavy (non-hydrogen) atoms. The highest BCUT2D eigenvalue weighted by atomic mass is 16.5. The number of hydrogen-bond acceptors (Lipinski definition) is 3. The van der Waals surface area contributed by atoms with E-state index >= 15 is 0 Å². The highest BCUT2D eigenvalue weighted by molar-refractivity contribution is 5.78. The van der Waals surface area contributed by atoms with Gasteiger partial charge >= 0.3 is 0 Å². The quantitative estimate of drug-likeness (QED) is 0.519. The summed E-state index contributed by atoms with van der Waals surface area (Å²) < 4.78 is 5.32. The van der Waals surface area contributed by atoms with Gasteiger partial charge in [0.2, 0.25) is 5.91 Å². The number of nitrogens with two attached hydrogens (primary N) is 1. The van der Waals surface area contributed by atoms with Crippen LogP contribution in [0, 0.1) is 5.92 Å². The van der Waals surface area contributed by atoms with Gasteiger partial charge < -0.3 is 15.8 Å². The molecule has 1 aliphatic rings. The van der Waals surface area contributed by atoms with Crippen LogP contribution in [0.5, 0.6) is 0 Å². The van der Waals surface area contributed by atoms with Crippen LogP contribution in [0.1, 0.15) is 32.1 Å². The molecule has 0 heterocycles. The summed E-state index contributed by atoms with van der Waals surface area (Å²) in [5, 5.41) is 2.90.